The van der Waals surface area contributed by atoms with Crippen LogP contribution < -0.4 is 5.32 Å². The Morgan fingerprint density at radius 1 is 1.19 bits per heavy atom. The van der Waals surface area contributed by atoms with Gasteiger partial charge < -0.3 is 10.1 Å². The molecule has 0 spiro atoms. The van der Waals surface area contributed by atoms with E-state index in [9.17, 15) is 17.6 Å². The third kappa shape index (κ3) is 5.43. The Labute approximate surface area is 218 Å². The molecule has 2 aliphatic carbocycles. The molecule has 6 atom stereocenters. The fourth-order valence-electron chi connectivity index (χ4n) is 6.64. The van der Waals surface area contributed by atoms with Crippen molar-refractivity contribution in [1.29, 1.82) is 0 Å². The van der Waals surface area contributed by atoms with Gasteiger partial charge in [-0.25, -0.2) is 21.9 Å². The molecular formula is C28H34FN3O4S. The minimum absolute atomic E-state index is 0.0358. The van der Waals surface area contributed by atoms with Crippen molar-refractivity contribution in [2.75, 3.05) is 19.4 Å². The molecule has 9 heteroatoms. The number of hydrogen-bond donors (Lipinski definition) is 1. The third-order valence-electron chi connectivity index (χ3n) is 8.41. The number of pyridine rings is 1. The van der Waals surface area contributed by atoms with Gasteiger partial charge in [0.05, 0.1) is 18.1 Å². The lowest BCUT2D eigenvalue weighted by molar-refractivity contribution is 0.0407. The van der Waals surface area contributed by atoms with Crippen LogP contribution in [0.1, 0.15) is 38.3 Å². The average Bonchev–Trinajstić information content (AvgIpc) is 3.10. The first-order valence-electron chi connectivity index (χ1n) is 13.0. The highest BCUT2D eigenvalue weighted by molar-refractivity contribution is 7.89. The lowest BCUT2D eigenvalue weighted by atomic mass is 9.59. The molecule has 3 aliphatic rings. The van der Waals surface area contributed by atoms with Crippen LogP contribution >= 0.6 is 0 Å². The Balaban J connectivity index is 1.36. The number of rotatable bonds is 5. The highest BCUT2D eigenvalue weighted by Crippen LogP contribution is 2.51. The highest BCUT2D eigenvalue weighted by atomic mass is 32.2. The molecule has 1 saturated heterocycles. The van der Waals surface area contributed by atoms with Crippen LogP contribution in [0.4, 0.5) is 9.18 Å². The molecule has 198 valence electrons. The van der Waals surface area contributed by atoms with Gasteiger partial charge in [-0.2, -0.15) is 0 Å². The number of sulfonamides is 1. The molecule has 0 bridgehead atoms. The number of halogens is 1. The summed E-state index contributed by atoms with van der Waals surface area (Å²) in [5.41, 5.74) is 2.39. The first-order valence-corrected chi connectivity index (χ1v) is 14.6. The maximum Gasteiger partial charge on any atom is 0.407 e. The van der Waals surface area contributed by atoms with Gasteiger partial charge in [0.1, 0.15) is 5.82 Å². The summed E-state index contributed by atoms with van der Waals surface area (Å²) >= 11 is 0. The van der Waals surface area contributed by atoms with Gasteiger partial charge in [0.15, 0.2) is 0 Å². The maximum atomic E-state index is 13.6. The predicted molar refractivity (Wildman–Crippen MR) is 140 cm³/mol. The van der Waals surface area contributed by atoms with E-state index in [1.165, 1.54) is 12.1 Å². The number of hydrogen-bond acceptors (Lipinski definition) is 5. The average molecular weight is 528 g/mol. The molecule has 1 aromatic heterocycles. The van der Waals surface area contributed by atoms with Gasteiger partial charge in [-0.05, 0) is 86.1 Å². The van der Waals surface area contributed by atoms with Crippen LogP contribution in [-0.4, -0.2) is 55.3 Å². The van der Waals surface area contributed by atoms with Gasteiger partial charge >= 0.3 is 6.09 Å². The number of ether oxygens (including phenoxy) is 1. The molecule has 1 N–H and O–H groups in total. The Morgan fingerprint density at radius 2 is 2.03 bits per heavy atom. The minimum atomic E-state index is -3.28. The van der Waals surface area contributed by atoms with Crippen LogP contribution in [0.5, 0.6) is 0 Å². The molecule has 5 rings (SSSR count). The number of allylic oxidation sites excluding steroid dienone is 1. The number of alkyl carbamates (subject to hydrolysis) is 1. The molecule has 0 radical (unpaired) electrons. The largest absolute Gasteiger partial charge is 0.450 e. The molecule has 37 heavy (non-hydrogen) atoms. The zero-order valence-corrected chi connectivity index (χ0v) is 22.0. The third-order valence-corrected chi connectivity index (χ3v) is 10.4. The molecule has 1 amide bonds. The monoisotopic (exact) mass is 527 g/mol. The number of nitrogens with zero attached hydrogens (tertiary/aromatic N) is 2. The summed E-state index contributed by atoms with van der Waals surface area (Å²) < 4.78 is 45.9. The van der Waals surface area contributed by atoms with Gasteiger partial charge in [-0.1, -0.05) is 24.3 Å². The van der Waals surface area contributed by atoms with Crippen molar-refractivity contribution < 1.29 is 22.3 Å². The summed E-state index contributed by atoms with van der Waals surface area (Å²) in [5, 5.41) is 2.99. The zero-order valence-electron chi connectivity index (χ0n) is 21.2. The van der Waals surface area contributed by atoms with E-state index >= 15 is 0 Å². The van der Waals surface area contributed by atoms with E-state index in [1.54, 1.807) is 30.5 Å². The summed E-state index contributed by atoms with van der Waals surface area (Å²) in [6.07, 6.45) is 8.92. The van der Waals surface area contributed by atoms with Gasteiger partial charge in [0.25, 0.3) is 0 Å². The molecule has 3 fully saturated rings. The van der Waals surface area contributed by atoms with E-state index in [0.717, 1.165) is 42.5 Å². The van der Waals surface area contributed by atoms with Crippen molar-refractivity contribution in [3.8, 4) is 11.1 Å². The first kappa shape index (κ1) is 25.9. The van der Waals surface area contributed by atoms with Crippen LogP contribution in [0, 0.1) is 29.5 Å². The van der Waals surface area contributed by atoms with Crippen molar-refractivity contribution in [2.24, 2.45) is 23.7 Å². The first-order chi connectivity index (χ1) is 17.7. The van der Waals surface area contributed by atoms with Crippen LogP contribution in [0.25, 0.3) is 17.2 Å². The predicted octanol–water partition coefficient (Wildman–Crippen LogP) is 4.71. The second-order valence-corrected chi connectivity index (χ2v) is 12.6. The number of amides is 1. The van der Waals surface area contributed by atoms with E-state index < -0.39 is 10.0 Å². The fourth-order valence-corrected chi connectivity index (χ4v) is 8.46. The Morgan fingerprint density at radius 3 is 2.76 bits per heavy atom. The van der Waals surface area contributed by atoms with E-state index in [-0.39, 0.29) is 41.6 Å². The topological polar surface area (TPSA) is 88.6 Å². The van der Waals surface area contributed by atoms with Gasteiger partial charge in [0, 0.05) is 30.9 Å². The van der Waals surface area contributed by atoms with Gasteiger partial charge in [-0.3, -0.25) is 4.98 Å². The van der Waals surface area contributed by atoms with Crippen LogP contribution in [-0.2, 0) is 14.8 Å². The number of nitrogens with one attached hydrogen (secondary N) is 1. The smallest absolute Gasteiger partial charge is 0.407 e. The summed E-state index contributed by atoms with van der Waals surface area (Å²) in [4.78, 5) is 16.6. The van der Waals surface area contributed by atoms with E-state index in [4.69, 9.17) is 4.74 Å². The van der Waals surface area contributed by atoms with E-state index in [2.05, 4.69) is 16.4 Å². The van der Waals surface area contributed by atoms with Crippen molar-refractivity contribution in [3.63, 3.8) is 0 Å². The normalized spacial score (nSPS) is 31.0. The molecule has 2 saturated carbocycles. The summed E-state index contributed by atoms with van der Waals surface area (Å²) in [7, 11) is -1.58. The van der Waals surface area contributed by atoms with Crippen molar-refractivity contribution >= 4 is 22.2 Å². The van der Waals surface area contributed by atoms with E-state index in [1.807, 2.05) is 24.3 Å². The molecule has 0 unspecified atom stereocenters. The number of carbonyl (C=O) groups is 1. The number of fused-ring (bicyclic) bond motifs is 2. The van der Waals surface area contributed by atoms with Crippen LogP contribution in [0.3, 0.4) is 0 Å². The second kappa shape index (κ2) is 10.5. The van der Waals surface area contributed by atoms with Gasteiger partial charge in [-0.15, -0.1) is 0 Å². The SMILES string of the molecule is CCOC(=O)N[C@@H]1CC[C@@H]2[C@@H](C1)C[C@@H]1[C@@H](CS(=O)(=O)N1C)[C@H]2C=Cc1ccc(-c2cccc(F)c2)cn1. The molecule has 1 aliphatic heterocycles. The fraction of sp³-hybridized carbons (Fsp3) is 0.500. The molecule has 2 aromatic rings. The lowest BCUT2D eigenvalue weighted by Gasteiger charge is -2.48. The van der Waals surface area contributed by atoms with Crippen LogP contribution in [0.15, 0.2) is 48.7 Å². The molecular weight excluding hydrogens is 493 g/mol. The molecule has 2 heterocycles. The highest BCUT2D eigenvalue weighted by Gasteiger charge is 2.53. The quantitative estimate of drug-likeness (QED) is 0.608. The Kier molecular flexibility index (Phi) is 7.36. The summed E-state index contributed by atoms with van der Waals surface area (Å²) in [5.74, 6) is 0.696. The van der Waals surface area contributed by atoms with E-state index in [0.29, 0.717) is 18.4 Å². The minimum Gasteiger partial charge on any atom is -0.450 e. The van der Waals surface area contributed by atoms with Crippen molar-refractivity contribution in [1.82, 2.24) is 14.6 Å². The Hall–Kier alpha value is -2.78. The standard InChI is InChI=1S/C28H34FN3O4S/c1-3-36-28(33)31-23-10-11-24-20(14-23)15-27-26(17-37(34,35)32(27)2)25(24)12-9-22-8-7-19(16-30-22)18-5-4-6-21(29)13-18/h4-9,12-13,16,20,23-27H,3,10-11,14-15,17H2,1-2H3,(H,31,33)/t20-,23+,24+,25-,26-,27+/m0/s1. The zero-order chi connectivity index (χ0) is 26.2. The Bertz CT molecular complexity index is 1270. The summed E-state index contributed by atoms with van der Waals surface area (Å²) in [6.45, 7) is 2.12. The second-order valence-electron chi connectivity index (χ2n) is 10.5. The van der Waals surface area contributed by atoms with Crippen molar-refractivity contribution in [3.05, 3.63) is 60.2 Å². The molecule has 7 nitrogen and oxygen atoms in total. The van der Waals surface area contributed by atoms with Crippen LogP contribution in [0.2, 0.25) is 0 Å². The number of carbonyl (C=O) groups excluding carboxylic acids is 1. The number of aromatic nitrogens is 1. The van der Waals surface area contributed by atoms with Gasteiger partial charge in [0.2, 0.25) is 10.0 Å². The molecule has 1 aromatic carbocycles. The maximum absolute atomic E-state index is 13.6. The summed E-state index contributed by atoms with van der Waals surface area (Å²) in [6, 6.07) is 10.3. The van der Waals surface area contributed by atoms with Crippen molar-refractivity contribution in [2.45, 2.75) is 44.7 Å². The lowest BCUT2D eigenvalue weighted by Crippen LogP contribution is -2.50. The number of benzene rings is 1.